The summed E-state index contributed by atoms with van der Waals surface area (Å²) >= 11 is 1.78. The molecule has 1 nitrogen and oxygen atoms in total. The molecule has 0 spiro atoms. The maximum atomic E-state index is 5.41. The number of hydrogen-bond acceptors (Lipinski definition) is 2. The summed E-state index contributed by atoms with van der Waals surface area (Å²) in [4.78, 5) is 2.62. The molecule has 0 radical (unpaired) electrons. The third-order valence-corrected chi connectivity index (χ3v) is 2.36. The first-order chi connectivity index (χ1) is 5.68. The first kappa shape index (κ1) is 9.49. The van der Waals surface area contributed by atoms with Crippen LogP contribution in [-0.4, -0.2) is 6.61 Å². The molecule has 1 aromatic rings. The molecule has 0 aliphatic heterocycles. The molecule has 0 aliphatic rings. The highest BCUT2D eigenvalue weighted by Gasteiger charge is 1.95. The second-order valence-electron chi connectivity index (χ2n) is 2.96. The van der Waals surface area contributed by atoms with E-state index in [2.05, 4.69) is 25.6 Å². The van der Waals surface area contributed by atoms with E-state index in [0.29, 0.717) is 13.2 Å². The van der Waals surface area contributed by atoms with Gasteiger partial charge in [0.1, 0.15) is 0 Å². The molecule has 2 heteroatoms. The molecule has 0 aliphatic carbocycles. The molecular formula is C10H14OS. The zero-order valence-electron chi connectivity index (χ0n) is 7.59. The van der Waals surface area contributed by atoms with Crippen molar-refractivity contribution in [1.82, 2.24) is 0 Å². The van der Waals surface area contributed by atoms with Gasteiger partial charge in [0, 0.05) is 9.75 Å². The quantitative estimate of drug-likeness (QED) is 0.650. The third-order valence-electron chi connectivity index (χ3n) is 1.39. The fourth-order valence-corrected chi connectivity index (χ4v) is 1.72. The Bertz CT molecular complexity index is 263. The van der Waals surface area contributed by atoms with Gasteiger partial charge in [-0.2, -0.15) is 0 Å². The fraction of sp³-hybridized carbons (Fsp3) is 0.400. The second kappa shape index (κ2) is 4.43. The van der Waals surface area contributed by atoms with Crippen LogP contribution in [0, 0.1) is 6.92 Å². The van der Waals surface area contributed by atoms with Crippen LogP contribution in [0.3, 0.4) is 0 Å². The lowest BCUT2D eigenvalue weighted by Crippen LogP contribution is -1.93. The van der Waals surface area contributed by atoms with Gasteiger partial charge in [-0.1, -0.05) is 12.2 Å². The molecule has 0 N–H and O–H groups in total. The van der Waals surface area contributed by atoms with Gasteiger partial charge < -0.3 is 4.74 Å². The van der Waals surface area contributed by atoms with Crippen LogP contribution in [0.4, 0.5) is 0 Å². The summed E-state index contributed by atoms with van der Waals surface area (Å²) in [6.45, 7) is 9.22. The molecule has 0 amide bonds. The number of rotatable bonds is 4. The SMILES string of the molecule is C=C(C)COCc1ccc(C)s1. The molecule has 12 heavy (non-hydrogen) atoms. The van der Waals surface area contributed by atoms with Gasteiger partial charge in [0.15, 0.2) is 0 Å². The maximum absolute atomic E-state index is 5.41. The lowest BCUT2D eigenvalue weighted by molar-refractivity contribution is 0.145. The van der Waals surface area contributed by atoms with Crippen LogP contribution in [0.1, 0.15) is 16.7 Å². The van der Waals surface area contributed by atoms with Crippen molar-refractivity contribution in [2.75, 3.05) is 6.61 Å². The van der Waals surface area contributed by atoms with Crippen molar-refractivity contribution in [3.05, 3.63) is 34.0 Å². The highest BCUT2D eigenvalue weighted by Crippen LogP contribution is 2.15. The Morgan fingerprint density at radius 2 is 2.33 bits per heavy atom. The van der Waals surface area contributed by atoms with Crippen molar-refractivity contribution in [1.29, 1.82) is 0 Å². The number of thiophene rings is 1. The molecular weight excluding hydrogens is 168 g/mol. The molecule has 0 saturated heterocycles. The van der Waals surface area contributed by atoms with Crippen molar-refractivity contribution < 1.29 is 4.74 Å². The highest BCUT2D eigenvalue weighted by atomic mass is 32.1. The van der Waals surface area contributed by atoms with Crippen LogP contribution in [0.15, 0.2) is 24.3 Å². The molecule has 0 bridgehead atoms. The molecule has 66 valence electrons. The predicted molar refractivity (Wildman–Crippen MR) is 53.5 cm³/mol. The van der Waals surface area contributed by atoms with E-state index in [1.165, 1.54) is 9.75 Å². The van der Waals surface area contributed by atoms with Crippen molar-refractivity contribution in [2.45, 2.75) is 20.5 Å². The first-order valence-electron chi connectivity index (χ1n) is 3.96. The minimum atomic E-state index is 0.664. The molecule has 0 fully saturated rings. The normalized spacial score (nSPS) is 10.2. The zero-order chi connectivity index (χ0) is 8.97. The molecule has 1 aromatic heterocycles. The summed E-state index contributed by atoms with van der Waals surface area (Å²) < 4.78 is 5.41. The van der Waals surface area contributed by atoms with Crippen LogP contribution in [0.5, 0.6) is 0 Å². The van der Waals surface area contributed by atoms with Crippen LogP contribution < -0.4 is 0 Å². The lowest BCUT2D eigenvalue weighted by atomic mass is 10.4. The van der Waals surface area contributed by atoms with Gasteiger partial charge in [0.25, 0.3) is 0 Å². The Morgan fingerprint density at radius 1 is 1.58 bits per heavy atom. The van der Waals surface area contributed by atoms with Gasteiger partial charge >= 0.3 is 0 Å². The standard InChI is InChI=1S/C10H14OS/c1-8(2)6-11-7-10-5-4-9(3)12-10/h4-5H,1,6-7H2,2-3H3. The Kier molecular flexibility index (Phi) is 3.50. The van der Waals surface area contributed by atoms with Crippen LogP contribution in [-0.2, 0) is 11.3 Å². The molecule has 1 rings (SSSR count). The van der Waals surface area contributed by atoms with Gasteiger partial charge in [-0.05, 0) is 26.0 Å². The van der Waals surface area contributed by atoms with E-state index in [1.54, 1.807) is 11.3 Å². The maximum Gasteiger partial charge on any atom is 0.0813 e. The van der Waals surface area contributed by atoms with E-state index in [9.17, 15) is 0 Å². The van der Waals surface area contributed by atoms with E-state index in [0.717, 1.165) is 5.57 Å². The van der Waals surface area contributed by atoms with Gasteiger partial charge in [-0.25, -0.2) is 0 Å². The third kappa shape index (κ3) is 3.20. The minimum absolute atomic E-state index is 0.664. The highest BCUT2D eigenvalue weighted by molar-refractivity contribution is 7.11. The molecule has 0 atom stereocenters. The van der Waals surface area contributed by atoms with Gasteiger partial charge in [-0.15, -0.1) is 11.3 Å². The van der Waals surface area contributed by atoms with Crippen molar-refractivity contribution in [2.24, 2.45) is 0 Å². The molecule has 0 saturated carbocycles. The lowest BCUT2D eigenvalue weighted by Gasteiger charge is -2.00. The largest absolute Gasteiger partial charge is 0.372 e. The average Bonchev–Trinajstić information content (AvgIpc) is 2.35. The zero-order valence-corrected chi connectivity index (χ0v) is 8.41. The Labute approximate surface area is 77.7 Å². The van der Waals surface area contributed by atoms with E-state index < -0.39 is 0 Å². The minimum Gasteiger partial charge on any atom is -0.372 e. The van der Waals surface area contributed by atoms with Crippen LogP contribution >= 0.6 is 11.3 Å². The average molecular weight is 182 g/mol. The van der Waals surface area contributed by atoms with Crippen LogP contribution in [0.25, 0.3) is 0 Å². The van der Waals surface area contributed by atoms with Gasteiger partial charge in [0.2, 0.25) is 0 Å². The summed E-state index contributed by atoms with van der Waals surface area (Å²) in [7, 11) is 0. The number of aryl methyl sites for hydroxylation is 1. The molecule has 0 aromatic carbocycles. The summed E-state index contributed by atoms with van der Waals surface area (Å²) in [5.41, 5.74) is 1.07. The second-order valence-corrected chi connectivity index (χ2v) is 4.33. The molecule has 0 unspecified atom stereocenters. The smallest absolute Gasteiger partial charge is 0.0813 e. The summed E-state index contributed by atoms with van der Waals surface area (Å²) in [6.07, 6.45) is 0. The Balaban J connectivity index is 2.29. The summed E-state index contributed by atoms with van der Waals surface area (Å²) in [5.74, 6) is 0. The number of ether oxygens (including phenoxy) is 1. The fourth-order valence-electron chi connectivity index (χ4n) is 0.889. The number of hydrogen-bond donors (Lipinski definition) is 0. The van der Waals surface area contributed by atoms with E-state index >= 15 is 0 Å². The Hall–Kier alpha value is -0.600. The molecule has 1 heterocycles. The predicted octanol–water partition coefficient (Wildman–Crippen LogP) is 3.15. The Morgan fingerprint density at radius 3 is 2.83 bits per heavy atom. The van der Waals surface area contributed by atoms with E-state index in [1.807, 2.05) is 6.92 Å². The summed E-state index contributed by atoms with van der Waals surface area (Å²) in [5, 5.41) is 0. The van der Waals surface area contributed by atoms with E-state index in [-0.39, 0.29) is 0 Å². The van der Waals surface area contributed by atoms with Crippen molar-refractivity contribution in [3.8, 4) is 0 Å². The first-order valence-corrected chi connectivity index (χ1v) is 4.77. The van der Waals surface area contributed by atoms with E-state index in [4.69, 9.17) is 4.74 Å². The van der Waals surface area contributed by atoms with Crippen molar-refractivity contribution in [3.63, 3.8) is 0 Å². The van der Waals surface area contributed by atoms with Gasteiger partial charge in [0.05, 0.1) is 13.2 Å². The van der Waals surface area contributed by atoms with Crippen molar-refractivity contribution >= 4 is 11.3 Å². The monoisotopic (exact) mass is 182 g/mol. The topological polar surface area (TPSA) is 9.23 Å². The van der Waals surface area contributed by atoms with Crippen LogP contribution in [0.2, 0.25) is 0 Å². The summed E-state index contributed by atoms with van der Waals surface area (Å²) in [6, 6.07) is 4.22. The van der Waals surface area contributed by atoms with Gasteiger partial charge in [-0.3, -0.25) is 0 Å².